The van der Waals surface area contributed by atoms with Crippen molar-refractivity contribution >= 4 is 5.78 Å². The smallest absolute Gasteiger partial charge is 0.138 e. The Morgan fingerprint density at radius 2 is 1.30 bits per heavy atom. The summed E-state index contributed by atoms with van der Waals surface area (Å²) in [5, 5.41) is 3.53. The average Bonchev–Trinajstić information content (AvgIpc) is 2.23. The van der Waals surface area contributed by atoms with Crippen LogP contribution in [-0.4, -0.2) is 31.1 Å². The summed E-state index contributed by atoms with van der Waals surface area (Å²) in [6, 6.07) is 0. The number of Topliss-reactive ketones (excluding diaryl/α,β-unsaturated/α-hetero) is 1. The van der Waals surface area contributed by atoms with E-state index in [1.807, 2.05) is 20.8 Å². The van der Waals surface area contributed by atoms with Crippen molar-refractivity contribution in [2.24, 2.45) is 16.2 Å². The average molecular weight is 328 g/mol. The zero-order valence-corrected chi connectivity index (χ0v) is 17.4. The lowest BCUT2D eigenvalue weighted by Gasteiger charge is -2.31. The predicted molar refractivity (Wildman–Crippen MR) is 99.8 cm³/mol. The van der Waals surface area contributed by atoms with E-state index in [9.17, 15) is 4.79 Å². The maximum absolute atomic E-state index is 12.2. The molecular formula is C20H41NO2. The lowest BCUT2D eigenvalue weighted by Crippen LogP contribution is -2.38. The molecule has 0 saturated carbocycles. The van der Waals surface area contributed by atoms with Gasteiger partial charge in [-0.1, -0.05) is 48.5 Å². The van der Waals surface area contributed by atoms with Crippen LogP contribution in [0.25, 0.3) is 0 Å². The molecule has 0 saturated heterocycles. The molecule has 0 rings (SSSR count). The molecule has 0 aliphatic carbocycles. The Morgan fingerprint density at radius 1 is 0.826 bits per heavy atom. The molecule has 0 aromatic carbocycles. The molecule has 0 spiro atoms. The van der Waals surface area contributed by atoms with Crippen molar-refractivity contribution < 1.29 is 9.53 Å². The van der Waals surface area contributed by atoms with E-state index in [4.69, 9.17) is 4.74 Å². The molecule has 3 heteroatoms. The van der Waals surface area contributed by atoms with E-state index in [1.165, 1.54) is 0 Å². The molecule has 0 atom stereocenters. The standard InChI is InChI=1S/C20H41NO2/c1-17(2,3)16(22)13-20(9,10)15-23-14-19(7,8)11-12-21-18(4,5)6/h21H,11-15H2,1-10H3. The lowest BCUT2D eigenvalue weighted by molar-refractivity contribution is -0.129. The van der Waals surface area contributed by atoms with Gasteiger partial charge in [0.25, 0.3) is 0 Å². The van der Waals surface area contributed by atoms with E-state index in [0.717, 1.165) is 19.6 Å². The number of ketones is 1. The summed E-state index contributed by atoms with van der Waals surface area (Å²) in [5.74, 6) is 0.305. The quantitative estimate of drug-likeness (QED) is 0.658. The van der Waals surface area contributed by atoms with Crippen molar-refractivity contribution in [1.29, 1.82) is 0 Å². The van der Waals surface area contributed by atoms with Crippen LogP contribution in [0.3, 0.4) is 0 Å². The van der Waals surface area contributed by atoms with E-state index >= 15 is 0 Å². The molecule has 1 N–H and O–H groups in total. The topological polar surface area (TPSA) is 38.3 Å². The zero-order valence-electron chi connectivity index (χ0n) is 17.4. The van der Waals surface area contributed by atoms with Gasteiger partial charge in [0.05, 0.1) is 13.2 Å². The summed E-state index contributed by atoms with van der Waals surface area (Å²) >= 11 is 0. The van der Waals surface area contributed by atoms with Crippen LogP contribution in [0, 0.1) is 16.2 Å². The number of hydrogen-bond donors (Lipinski definition) is 1. The first-order valence-corrected chi connectivity index (χ1v) is 8.90. The van der Waals surface area contributed by atoms with Gasteiger partial charge in [-0.2, -0.15) is 0 Å². The molecule has 0 radical (unpaired) electrons. The zero-order chi connectivity index (χ0) is 18.5. The number of nitrogens with one attached hydrogen (secondary N) is 1. The van der Waals surface area contributed by atoms with Gasteiger partial charge in [-0.3, -0.25) is 4.79 Å². The molecule has 138 valence electrons. The molecule has 0 aliphatic heterocycles. The number of hydrogen-bond acceptors (Lipinski definition) is 3. The van der Waals surface area contributed by atoms with Gasteiger partial charge in [-0.15, -0.1) is 0 Å². The minimum absolute atomic E-state index is 0.107. The number of ether oxygens (including phenoxy) is 1. The fourth-order valence-corrected chi connectivity index (χ4v) is 2.20. The van der Waals surface area contributed by atoms with Gasteiger partial charge in [0.1, 0.15) is 5.78 Å². The normalized spacial score (nSPS) is 14.2. The van der Waals surface area contributed by atoms with Gasteiger partial charge >= 0.3 is 0 Å². The summed E-state index contributed by atoms with van der Waals surface area (Å²) in [6.45, 7) is 23.6. The number of carbonyl (C=O) groups is 1. The van der Waals surface area contributed by atoms with Crippen molar-refractivity contribution in [2.75, 3.05) is 19.8 Å². The largest absolute Gasteiger partial charge is 0.380 e. The van der Waals surface area contributed by atoms with Gasteiger partial charge < -0.3 is 10.1 Å². The maximum atomic E-state index is 12.2. The van der Waals surface area contributed by atoms with Crippen molar-refractivity contribution in [3.05, 3.63) is 0 Å². The fraction of sp³-hybridized carbons (Fsp3) is 0.950. The van der Waals surface area contributed by atoms with E-state index in [2.05, 4.69) is 53.8 Å². The van der Waals surface area contributed by atoms with Gasteiger partial charge in [-0.25, -0.2) is 0 Å². The van der Waals surface area contributed by atoms with Crippen LogP contribution in [-0.2, 0) is 9.53 Å². The van der Waals surface area contributed by atoms with Crippen LogP contribution < -0.4 is 5.32 Å². The minimum Gasteiger partial charge on any atom is -0.380 e. The second-order valence-corrected chi connectivity index (χ2v) is 10.6. The predicted octanol–water partition coefficient (Wildman–Crippen LogP) is 4.84. The Kier molecular flexibility index (Phi) is 7.97. The van der Waals surface area contributed by atoms with Crippen LogP contribution in [0.2, 0.25) is 0 Å². The molecule has 0 fully saturated rings. The summed E-state index contributed by atoms with van der Waals surface area (Å²) in [5.41, 5.74) is -0.0755. The van der Waals surface area contributed by atoms with Crippen molar-refractivity contribution in [1.82, 2.24) is 5.32 Å². The first-order valence-electron chi connectivity index (χ1n) is 8.90. The van der Waals surface area contributed by atoms with Gasteiger partial charge in [0.2, 0.25) is 0 Å². The second-order valence-electron chi connectivity index (χ2n) is 10.6. The summed E-state index contributed by atoms with van der Waals surface area (Å²) in [7, 11) is 0. The Labute approximate surface area is 144 Å². The first-order chi connectivity index (χ1) is 10.0. The van der Waals surface area contributed by atoms with Gasteiger partial charge in [-0.05, 0) is 44.6 Å². The molecule has 3 nitrogen and oxygen atoms in total. The number of rotatable bonds is 9. The van der Waals surface area contributed by atoms with E-state index in [-0.39, 0.29) is 21.8 Å². The van der Waals surface area contributed by atoms with E-state index in [0.29, 0.717) is 18.8 Å². The first kappa shape index (κ1) is 22.6. The molecule has 0 amide bonds. The Balaban J connectivity index is 4.22. The van der Waals surface area contributed by atoms with Crippen LogP contribution in [0.1, 0.15) is 82.1 Å². The Hall–Kier alpha value is -0.410. The Morgan fingerprint density at radius 3 is 1.74 bits per heavy atom. The highest BCUT2D eigenvalue weighted by Gasteiger charge is 2.30. The third kappa shape index (κ3) is 11.7. The molecule has 0 unspecified atom stereocenters. The van der Waals surface area contributed by atoms with E-state index in [1.54, 1.807) is 0 Å². The minimum atomic E-state index is -0.269. The molecule has 0 heterocycles. The van der Waals surface area contributed by atoms with Crippen LogP contribution in [0.5, 0.6) is 0 Å². The van der Waals surface area contributed by atoms with Gasteiger partial charge in [0.15, 0.2) is 0 Å². The van der Waals surface area contributed by atoms with Crippen LogP contribution >= 0.6 is 0 Å². The molecule has 23 heavy (non-hydrogen) atoms. The molecule has 0 aliphatic rings. The van der Waals surface area contributed by atoms with Crippen molar-refractivity contribution in [3.63, 3.8) is 0 Å². The molecule has 0 aromatic heterocycles. The SMILES string of the molecule is CC(C)(CCNC(C)(C)C)COCC(C)(C)CC(=O)C(C)(C)C. The molecule has 0 aromatic rings. The van der Waals surface area contributed by atoms with Crippen molar-refractivity contribution in [2.45, 2.75) is 87.6 Å². The maximum Gasteiger partial charge on any atom is 0.138 e. The van der Waals surface area contributed by atoms with Crippen molar-refractivity contribution in [3.8, 4) is 0 Å². The highest BCUT2D eigenvalue weighted by Crippen LogP contribution is 2.29. The summed E-state index contributed by atoms with van der Waals surface area (Å²) in [6.07, 6.45) is 1.65. The Bertz CT molecular complexity index is 370. The lowest BCUT2D eigenvalue weighted by atomic mass is 9.79. The molecule has 0 bridgehead atoms. The monoisotopic (exact) mass is 327 g/mol. The van der Waals surface area contributed by atoms with E-state index < -0.39 is 0 Å². The second kappa shape index (κ2) is 8.11. The summed E-state index contributed by atoms with van der Waals surface area (Å²) in [4.78, 5) is 12.2. The number of carbonyl (C=O) groups excluding carboxylic acids is 1. The fourth-order valence-electron chi connectivity index (χ4n) is 2.20. The van der Waals surface area contributed by atoms with Gasteiger partial charge in [0, 0.05) is 17.4 Å². The highest BCUT2D eigenvalue weighted by molar-refractivity contribution is 5.84. The summed E-state index contributed by atoms with van der Waals surface area (Å²) < 4.78 is 5.98. The van der Waals surface area contributed by atoms with Crippen LogP contribution in [0.4, 0.5) is 0 Å². The van der Waals surface area contributed by atoms with Crippen LogP contribution in [0.15, 0.2) is 0 Å². The highest BCUT2D eigenvalue weighted by atomic mass is 16.5. The molecular weight excluding hydrogens is 286 g/mol. The third-order valence-corrected chi connectivity index (χ3v) is 3.92. The third-order valence-electron chi connectivity index (χ3n) is 3.92.